The van der Waals surface area contributed by atoms with Crippen molar-refractivity contribution in [3.63, 3.8) is 0 Å². The van der Waals surface area contributed by atoms with Crippen LogP contribution in [0.25, 0.3) is 0 Å². The molecule has 0 aromatic heterocycles. The zero-order valence-electron chi connectivity index (χ0n) is 12.4. The van der Waals surface area contributed by atoms with Crippen LogP contribution in [-0.2, 0) is 0 Å². The lowest BCUT2D eigenvalue weighted by Crippen LogP contribution is -2.49. The van der Waals surface area contributed by atoms with Crippen molar-refractivity contribution in [1.29, 1.82) is 0 Å². The molecular weight excluding hydrogens is 212 g/mol. The number of hydrogen-bond acceptors (Lipinski definition) is 1. The van der Waals surface area contributed by atoms with Crippen LogP contribution in [0.4, 0.5) is 4.79 Å². The quantitative estimate of drug-likeness (QED) is 0.770. The van der Waals surface area contributed by atoms with Crippen molar-refractivity contribution in [1.82, 2.24) is 10.6 Å². The van der Waals surface area contributed by atoms with Gasteiger partial charge >= 0.3 is 6.03 Å². The van der Waals surface area contributed by atoms with Gasteiger partial charge in [-0.25, -0.2) is 4.79 Å². The van der Waals surface area contributed by atoms with Crippen LogP contribution >= 0.6 is 0 Å². The summed E-state index contributed by atoms with van der Waals surface area (Å²) in [6.07, 6.45) is 3.65. The highest BCUT2D eigenvalue weighted by Crippen LogP contribution is 2.26. The molecule has 0 heterocycles. The number of hydrogen-bond donors (Lipinski definition) is 2. The highest BCUT2D eigenvalue weighted by molar-refractivity contribution is 5.75. The predicted octanol–water partition coefficient (Wildman–Crippen LogP) is 3.81. The van der Waals surface area contributed by atoms with E-state index in [1.54, 1.807) is 6.20 Å². The first kappa shape index (κ1) is 16.0. The Labute approximate surface area is 106 Å². The van der Waals surface area contributed by atoms with Crippen molar-refractivity contribution in [2.75, 3.05) is 0 Å². The van der Waals surface area contributed by atoms with Crippen molar-refractivity contribution in [2.45, 2.75) is 66.8 Å². The van der Waals surface area contributed by atoms with Crippen molar-refractivity contribution in [2.24, 2.45) is 5.41 Å². The molecule has 0 spiro atoms. The lowest BCUT2D eigenvalue weighted by Gasteiger charge is -2.33. The summed E-state index contributed by atoms with van der Waals surface area (Å²) in [6, 6.07) is -0.132. The summed E-state index contributed by atoms with van der Waals surface area (Å²) in [5.41, 5.74) is 1.16. The van der Waals surface area contributed by atoms with Crippen LogP contribution in [0.15, 0.2) is 11.8 Å². The van der Waals surface area contributed by atoms with Gasteiger partial charge in [0.25, 0.3) is 0 Å². The number of carbonyl (C=O) groups excluding carboxylic acids is 1. The minimum Gasteiger partial charge on any atom is -0.333 e. The largest absolute Gasteiger partial charge is 0.333 e. The molecule has 100 valence electrons. The van der Waals surface area contributed by atoms with E-state index in [9.17, 15) is 4.79 Å². The van der Waals surface area contributed by atoms with Gasteiger partial charge in [-0.3, -0.25) is 0 Å². The summed E-state index contributed by atoms with van der Waals surface area (Å²) in [5.74, 6) is 0. The Balaban J connectivity index is 4.28. The first-order valence-corrected chi connectivity index (χ1v) is 6.30. The molecule has 0 aliphatic heterocycles. The normalized spacial score (nSPS) is 13.5. The summed E-state index contributed by atoms with van der Waals surface area (Å²) in [4.78, 5) is 11.7. The van der Waals surface area contributed by atoms with Crippen LogP contribution in [0.3, 0.4) is 0 Å². The molecule has 0 aliphatic carbocycles. The Morgan fingerprint density at radius 3 is 2.12 bits per heavy atom. The van der Waals surface area contributed by atoms with E-state index in [0.717, 1.165) is 18.4 Å². The van der Waals surface area contributed by atoms with E-state index in [2.05, 4.69) is 38.3 Å². The van der Waals surface area contributed by atoms with Gasteiger partial charge in [0.15, 0.2) is 0 Å². The highest BCUT2D eigenvalue weighted by atomic mass is 16.2. The topological polar surface area (TPSA) is 41.1 Å². The van der Waals surface area contributed by atoms with Gasteiger partial charge in [0.2, 0.25) is 0 Å². The lowest BCUT2D eigenvalue weighted by atomic mass is 9.82. The molecule has 0 unspecified atom stereocenters. The van der Waals surface area contributed by atoms with Gasteiger partial charge in [-0.05, 0) is 39.0 Å². The molecule has 0 aromatic carbocycles. The fourth-order valence-corrected chi connectivity index (χ4v) is 2.00. The van der Waals surface area contributed by atoms with Crippen LogP contribution in [0.5, 0.6) is 0 Å². The molecule has 3 heteroatoms. The average Bonchev–Trinajstić information content (AvgIpc) is 2.09. The molecule has 0 atom stereocenters. The van der Waals surface area contributed by atoms with E-state index < -0.39 is 0 Å². The minimum atomic E-state index is -0.198. The van der Waals surface area contributed by atoms with Gasteiger partial charge < -0.3 is 10.6 Å². The molecule has 0 radical (unpaired) electrons. The SMILES string of the molecule is CC/C(C)=C/NC(=O)NC(C)(C)CC(C)(C)C. The van der Waals surface area contributed by atoms with Crippen LogP contribution in [0.1, 0.15) is 61.3 Å². The third-order valence-electron chi connectivity index (χ3n) is 2.43. The Kier molecular flexibility index (Phi) is 5.73. The number of urea groups is 1. The van der Waals surface area contributed by atoms with Gasteiger partial charge in [-0.15, -0.1) is 0 Å². The Morgan fingerprint density at radius 1 is 1.18 bits per heavy atom. The lowest BCUT2D eigenvalue weighted by molar-refractivity contribution is 0.213. The Morgan fingerprint density at radius 2 is 1.71 bits per heavy atom. The Hall–Kier alpha value is -0.990. The smallest absolute Gasteiger partial charge is 0.319 e. The third kappa shape index (κ3) is 8.78. The average molecular weight is 240 g/mol. The van der Waals surface area contributed by atoms with E-state index in [1.807, 2.05) is 20.8 Å². The number of amides is 2. The van der Waals surface area contributed by atoms with E-state index in [0.29, 0.717) is 0 Å². The molecule has 0 fully saturated rings. The van der Waals surface area contributed by atoms with Crippen molar-refractivity contribution >= 4 is 6.03 Å². The fraction of sp³-hybridized carbons (Fsp3) is 0.786. The van der Waals surface area contributed by atoms with E-state index in [-0.39, 0.29) is 17.0 Å². The molecule has 2 amide bonds. The molecule has 0 saturated carbocycles. The van der Waals surface area contributed by atoms with Gasteiger partial charge in [0.05, 0.1) is 0 Å². The Bertz CT molecular complexity index is 285. The zero-order chi connectivity index (χ0) is 13.7. The number of allylic oxidation sites excluding steroid dienone is 1. The van der Waals surface area contributed by atoms with Crippen LogP contribution < -0.4 is 10.6 Å². The standard InChI is InChI=1S/C14H28N2O/c1-8-11(2)9-15-12(17)16-14(6,7)10-13(3,4)5/h9H,8,10H2,1-7H3,(H2,15,16,17)/b11-9+. The second kappa shape index (κ2) is 6.08. The molecule has 0 saturated heterocycles. The summed E-state index contributed by atoms with van der Waals surface area (Å²) < 4.78 is 0. The maximum Gasteiger partial charge on any atom is 0.319 e. The zero-order valence-corrected chi connectivity index (χ0v) is 12.4. The van der Waals surface area contributed by atoms with Crippen LogP contribution in [-0.4, -0.2) is 11.6 Å². The number of carbonyl (C=O) groups is 1. The minimum absolute atomic E-state index is 0.132. The number of nitrogens with one attached hydrogen (secondary N) is 2. The van der Waals surface area contributed by atoms with Gasteiger partial charge in [-0.2, -0.15) is 0 Å². The van der Waals surface area contributed by atoms with Crippen LogP contribution in [0, 0.1) is 5.41 Å². The second-order valence-corrected chi connectivity index (χ2v) is 6.56. The molecule has 0 aliphatic rings. The van der Waals surface area contributed by atoms with Crippen molar-refractivity contribution < 1.29 is 4.79 Å². The molecule has 2 N–H and O–H groups in total. The monoisotopic (exact) mass is 240 g/mol. The highest BCUT2D eigenvalue weighted by Gasteiger charge is 2.26. The van der Waals surface area contributed by atoms with Crippen molar-refractivity contribution in [3.8, 4) is 0 Å². The number of rotatable bonds is 4. The van der Waals surface area contributed by atoms with Gasteiger partial charge in [-0.1, -0.05) is 33.3 Å². The third-order valence-corrected chi connectivity index (χ3v) is 2.43. The van der Waals surface area contributed by atoms with E-state index in [4.69, 9.17) is 0 Å². The summed E-state index contributed by atoms with van der Waals surface area (Å²) in [7, 11) is 0. The molecule has 17 heavy (non-hydrogen) atoms. The summed E-state index contributed by atoms with van der Waals surface area (Å²) >= 11 is 0. The molecular formula is C14H28N2O. The predicted molar refractivity (Wildman–Crippen MR) is 73.9 cm³/mol. The van der Waals surface area contributed by atoms with Crippen LogP contribution in [0.2, 0.25) is 0 Å². The summed E-state index contributed by atoms with van der Waals surface area (Å²) in [6.45, 7) is 14.7. The molecule has 0 bridgehead atoms. The maximum atomic E-state index is 11.7. The van der Waals surface area contributed by atoms with Gasteiger partial charge in [0, 0.05) is 11.7 Å². The summed E-state index contributed by atoms with van der Waals surface area (Å²) in [5, 5.41) is 5.76. The van der Waals surface area contributed by atoms with E-state index in [1.165, 1.54) is 0 Å². The molecule has 0 rings (SSSR count). The molecule has 3 nitrogen and oxygen atoms in total. The second-order valence-electron chi connectivity index (χ2n) is 6.56. The fourth-order valence-electron chi connectivity index (χ4n) is 2.00. The van der Waals surface area contributed by atoms with Gasteiger partial charge in [0.1, 0.15) is 0 Å². The first-order valence-electron chi connectivity index (χ1n) is 6.30. The first-order chi connectivity index (χ1) is 7.56. The van der Waals surface area contributed by atoms with Crippen molar-refractivity contribution in [3.05, 3.63) is 11.8 Å². The maximum absolute atomic E-state index is 11.7. The molecule has 0 aromatic rings. The van der Waals surface area contributed by atoms with E-state index >= 15 is 0 Å².